The van der Waals surface area contributed by atoms with Gasteiger partial charge in [-0.05, 0) is 37.7 Å². The van der Waals surface area contributed by atoms with Crippen molar-refractivity contribution in [2.45, 2.75) is 59.0 Å². The third kappa shape index (κ3) is 6.20. The van der Waals surface area contributed by atoms with Crippen molar-refractivity contribution in [2.24, 2.45) is 11.1 Å². The summed E-state index contributed by atoms with van der Waals surface area (Å²) in [5.74, 6) is -0.0805. The average molecular weight is 276 g/mol. The van der Waals surface area contributed by atoms with Gasteiger partial charge in [0.15, 0.2) is 0 Å². The second kappa shape index (κ2) is 6.40. The minimum absolute atomic E-state index is 0.0805. The lowest BCUT2D eigenvalue weighted by molar-refractivity contribution is -0.124. The zero-order valence-corrected chi connectivity index (χ0v) is 13.4. The zero-order chi connectivity index (χ0) is 15.4. The highest BCUT2D eigenvalue weighted by Gasteiger charge is 2.28. The van der Waals surface area contributed by atoms with Gasteiger partial charge in [-0.15, -0.1) is 0 Å². The first-order valence-corrected chi connectivity index (χ1v) is 7.21. The molecule has 3 N–H and O–H groups in total. The van der Waals surface area contributed by atoms with Crippen molar-refractivity contribution in [2.75, 3.05) is 0 Å². The third-order valence-corrected chi connectivity index (χ3v) is 3.07. The molecular weight excluding hydrogens is 248 g/mol. The van der Waals surface area contributed by atoms with Gasteiger partial charge in [0.2, 0.25) is 5.91 Å². The van der Waals surface area contributed by atoms with Crippen LogP contribution < -0.4 is 11.1 Å². The second-order valence-electron chi connectivity index (χ2n) is 7.41. The molecule has 1 amide bonds. The summed E-state index contributed by atoms with van der Waals surface area (Å²) in [6.07, 6.45) is 1.47. The Balaban J connectivity index is 2.57. The smallest absolute Gasteiger partial charge is 0.237 e. The van der Waals surface area contributed by atoms with E-state index in [0.717, 1.165) is 12.0 Å². The van der Waals surface area contributed by atoms with Crippen LogP contribution in [0.1, 0.15) is 46.6 Å². The number of amides is 1. The van der Waals surface area contributed by atoms with Crippen LogP contribution in [0.15, 0.2) is 30.3 Å². The number of nitrogens with one attached hydrogen (secondary N) is 1. The van der Waals surface area contributed by atoms with E-state index in [4.69, 9.17) is 5.73 Å². The van der Waals surface area contributed by atoms with Gasteiger partial charge in [0.25, 0.3) is 0 Å². The highest BCUT2D eigenvalue weighted by molar-refractivity contribution is 5.82. The fraction of sp³-hybridized carbons (Fsp3) is 0.588. The molecule has 0 aliphatic carbocycles. The maximum atomic E-state index is 12.2. The lowest BCUT2D eigenvalue weighted by atomic mass is 9.81. The first-order valence-electron chi connectivity index (χ1n) is 7.21. The molecule has 0 bridgehead atoms. The summed E-state index contributed by atoms with van der Waals surface area (Å²) in [6.45, 7) is 10.6. The number of benzene rings is 1. The fourth-order valence-corrected chi connectivity index (χ4v) is 2.76. The second-order valence-corrected chi connectivity index (χ2v) is 7.41. The van der Waals surface area contributed by atoms with Crippen molar-refractivity contribution in [1.82, 2.24) is 5.32 Å². The quantitative estimate of drug-likeness (QED) is 0.869. The number of hydrogen-bond donors (Lipinski definition) is 2. The Bertz CT molecular complexity index is 432. The Morgan fingerprint density at radius 3 is 2.20 bits per heavy atom. The Morgan fingerprint density at radius 1 is 1.15 bits per heavy atom. The normalized spacial score (nSPS) is 13.9. The van der Waals surface area contributed by atoms with Gasteiger partial charge in [0.05, 0.1) is 6.04 Å². The minimum Gasteiger partial charge on any atom is -0.350 e. The van der Waals surface area contributed by atoms with E-state index in [0.29, 0.717) is 6.42 Å². The molecule has 0 fully saturated rings. The lowest BCUT2D eigenvalue weighted by Crippen LogP contribution is -2.52. The van der Waals surface area contributed by atoms with Crippen LogP contribution in [0.3, 0.4) is 0 Å². The van der Waals surface area contributed by atoms with Gasteiger partial charge in [0.1, 0.15) is 0 Å². The van der Waals surface area contributed by atoms with Crippen LogP contribution in [0.25, 0.3) is 0 Å². The van der Waals surface area contributed by atoms with Crippen molar-refractivity contribution in [3.63, 3.8) is 0 Å². The van der Waals surface area contributed by atoms with E-state index in [-0.39, 0.29) is 16.9 Å². The lowest BCUT2D eigenvalue weighted by Gasteiger charge is -2.34. The molecule has 0 aliphatic rings. The third-order valence-electron chi connectivity index (χ3n) is 3.07. The molecule has 0 heterocycles. The topological polar surface area (TPSA) is 55.1 Å². The number of hydrogen-bond acceptors (Lipinski definition) is 2. The summed E-state index contributed by atoms with van der Waals surface area (Å²) in [5.41, 5.74) is 7.02. The van der Waals surface area contributed by atoms with Gasteiger partial charge >= 0.3 is 0 Å². The Labute approximate surface area is 122 Å². The minimum atomic E-state index is -0.503. The monoisotopic (exact) mass is 276 g/mol. The molecule has 0 spiro atoms. The molecule has 1 rings (SSSR count). The molecule has 20 heavy (non-hydrogen) atoms. The summed E-state index contributed by atoms with van der Waals surface area (Å²) in [6, 6.07) is 9.37. The van der Waals surface area contributed by atoms with E-state index < -0.39 is 6.04 Å². The van der Waals surface area contributed by atoms with Crippen LogP contribution >= 0.6 is 0 Å². The van der Waals surface area contributed by atoms with Crippen LogP contribution in [0, 0.1) is 5.41 Å². The zero-order valence-electron chi connectivity index (χ0n) is 13.4. The predicted octanol–water partition coefficient (Wildman–Crippen LogP) is 2.89. The van der Waals surface area contributed by atoms with Crippen molar-refractivity contribution >= 4 is 5.91 Å². The maximum absolute atomic E-state index is 12.2. The first-order chi connectivity index (χ1) is 9.09. The summed E-state index contributed by atoms with van der Waals surface area (Å²) < 4.78 is 0. The van der Waals surface area contributed by atoms with E-state index in [1.54, 1.807) is 0 Å². The predicted molar refractivity (Wildman–Crippen MR) is 84.4 cm³/mol. The van der Waals surface area contributed by atoms with Crippen molar-refractivity contribution in [1.29, 1.82) is 0 Å². The van der Waals surface area contributed by atoms with E-state index in [1.807, 2.05) is 44.2 Å². The molecule has 1 atom stereocenters. The average Bonchev–Trinajstić information content (AvgIpc) is 2.26. The highest BCUT2D eigenvalue weighted by Crippen LogP contribution is 2.26. The number of carbonyl (C=O) groups is 1. The van der Waals surface area contributed by atoms with Gasteiger partial charge in [-0.2, -0.15) is 0 Å². The highest BCUT2D eigenvalue weighted by atomic mass is 16.2. The summed E-state index contributed by atoms with van der Waals surface area (Å²) in [4.78, 5) is 12.2. The van der Waals surface area contributed by atoms with Crippen molar-refractivity contribution in [3.05, 3.63) is 35.9 Å². The fourth-order valence-electron chi connectivity index (χ4n) is 2.76. The van der Waals surface area contributed by atoms with E-state index >= 15 is 0 Å². The standard InChI is InChI=1S/C17H28N2O/c1-16(2,3)12-17(4,5)19-15(20)14(18)11-13-9-7-6-8-10-13/h6-10,14H,11-12,18H2,1-5H3,(H,19,20)/t14-/m1/s1. The summed E-state index contributed by atoms with van der Waals surface area (Å²) in [5, 5.41) is 3.07. The first kappa shape index (κ1) is 16.7. The van der Waals surface area contributed by atoms with E-state index in [1.165, 1.54) is 0 Å². The molecule has 112 valence electrons. The van der Waals surface area contributed by atoms with Gasteiger partial charge in [0, 0.05) is 5.54 Å². The molecular formula is C17H28N2O. The van der Waals surface area contributed by atoms with E-state index in [2.05, 4.69) is 26.1 Å². The Hall–Kier alpha value is -1.35. The molecule has 0 aromatic heterocycles. The number of rotatable bonds is 5. The molecule has 1 aromatic carbocycles. The van der Waals surface area contributed by atoms with Crippen LogP contribution in [0.5, 0.6) is 0 Å². The van der Waals surface area contributed by atoms with Gasteiger partial charge in [-0.3, -0.25) is 4.79 Å². The molecule has 0 aliphatic heterocycles. The van der Waals surface area contributed by atoms with Crippen LogP contribution in [0.2, 0.25) is 0 Å². The number of carbonyl (C=O) groups excluding carboxylic acids is 1. The molecule has 3 nitrogen and oxygen atoms in total. The van der Waals surface area contributed by atoms with Crippen LogP contribution in [0.4, 0.5) is 0 Å². The molecule has 0 unspecified atom stereocenters. The van der Waals surface area contributed by atoms with Crippen LogP contribution in [-0.2, 0) is 11.2 Å². The molecule has 0 radical (unpaired) electrons. The molecule has 3 heteroatoms. The Kier molecular flexibility index (Phi) is 5.35. The van der Waals surface area contributed by atoms with Crippen molar-refractivity contribution in [3.8, 4) is 0 Å². The van der Waals surface area contributed by atoms with Crippen LogP contribution in [-0.4, -0.2) is 17.5 Å². The number of nitrogens with two attached hydrogens (primary N) is 1. The SMILES string of the molecule is CC(C)(C)CC(C)(C)NC(=O)[C@H](N)Cc1ccccc1. The van der Waals surface area contributed by atoms with Gasteiger partial charge in [-0.1, -0.05) is 51.1 Å². The summed E-state index contributed by atoms with van der Waals surface area (Å²) in [7, 11) is 0. The molecule has 0 saturated heterocycles. The van der Waals surface area contributed by atoms with Gasteiger partial charge in [-0.25, -0.2) is 0 Å². The van der Waals surface area contributed by atoms with Crippen molar-refractivity contribution < 1.29 is 4.79 Å². The largest absolute Gasteiger partial charge is 0.350 e. The van der Waals surface area contributed by atoms with Gasteiger partial charge < -0.3 is 11.1 Å². The Morgan fingerprint density at radius 2 is 1.70 bits per heavy atom. The maximum Gasteiger partial charge on any atom is 0.237 e. The van der Waals surface area contributed by atoms with E-state index in [9.17, 15) is 4.79 Å². The molecule has 1 aromatic rings. The molecule has 0 saturated carbocycles. The summed E-state index contributed by atoms with van der Waals surface area (Å²) >= 11 is 0.